The summed E-state index contributed by atoms with van der Waals surface area (Å²) in [6, 6.07) is -0.624. The minimum Gasteiger partial charge on any atom is -0.466 e. The van der Waals surface area contributed by atoms with Gasteiger partial charge in [0.25, 0.3) is 0 Å². The summed E-state index contributed by atoms with van der Waals surface area (Å²) >= 11 is 0. The molecule has 0 bridgehead atoms. The number of hydrogen-bond donors (Lipinski definition) is 3. The van der Waals surface area contributed by atoms with E-state index in [0.29, 0.717) is 19.4 Å². The van der Waals surface area contributed by atoms with Crippen molar-refractivity contribution in [2.24, 2.45) is 0 Å². The topological polar surface area (TPSA) is 95.9 Å². The number of hydrogen-bond acceptors (Lipinski definition) is 5. The number of carbonyl (C=O) groups excluding carboxylic acids is 2. The number of nitrogens with one attached hydrogen (secondary N) is 1. The Bertz CT molecular complexity index is 1340. The minimum absolute atomic E-state index is 0.00268. The van der Waals surface area contributed by atoms with Crippen LogP contribution in [0.2, 0.25) is 0 Å². The first kappa shape index (κ1) is 74.6. The maximum Gasteiger partial charge on any atom is 0.305 e. The second-order valence-electron chi connectivity index (χ2n) is 23.1. The lowest BCUT2D eigenvalue weighted by atomic mass is 10.0. The Morgan fingerprint density at radius 3 is 1.04 bits per heavy atom. The molecule has 0 saturated heterocycles. The highest BCUT2D eigenvalue weighted by Crippen LogP contribution is 2.17. The van der Waals surface area contributed by atoms with Gasteiger partial charge in [0.05, 0.1) is 25.4 Å². The van der Waals surface area contributed by atoms with Crippen LogP contribution in [0.15, 0.2) is 60.8 Å². The van der Waals surface area contributed by atoms with E-state index in [0.717, 1.165) is 57.8 Å². The average molecular weight is 1080 g/mol. The van der Waals surface area contributed by atoms with Crippen molar-refractivity contribution in [1.82, 2.24) is 5.32 Å². The summed E-state index contributed by atoms with van der Waals surface area (Å²) in [6.45, 7) is 4.82. The van der Waals surface area contributed by atoms with E-state index in [1.54, 1.807) is 6.08 Å². The minimum atomic E-state index is -0.841. The fraction of sp³-hybridized carbons (Fsp3) is 0.831. The van der Waals surface area contributed by atoms with E-state index in [1.807, 2.05) is 6.08 Å². The third-order valence-electron chi connectivity index (χ3n) is 15.5. The van der Waals surface area contributed by atoms with Crippen LogP contribution in [0.1, 0.15) is 354 Å². The summed E-state index contributed by atoms with van der Waals surface area (Å²) in [7, 11) is 0. The van der Waals surface area contributed by atoms with Gasteiger partial charge in [0, 0.05) is 12.8 Å². The van der Waals surface area contributed by atoms with Gasteiger partial charge in [-0.15, -0.1) is 0 Å². The molecule has 3 N–H and O–H groups in total. The van der Waals surface area contributed by atoms with Crippen molar-refractivity contribution in [3.63, 3.8) is 0 Å². The molecule has 0 spiro atoms. The lowest BCUT2D eigenvalue weighted by molar-refractivity contribution is -0.143. The van der Waals surface area contributed by atoms with Gasteiger partial charge in [-0.1, -0.05) is 312 Å². The number of rotatable bonds is 63. The second kappa shape index (κ2) is 66.1. The fourth-order valence-corrected chi connectivity index (χ4v) is 10.3. The van der Waals surface area contributed by atoms with Crippen LogP contribution in [0.3, 0.4) is 0 Å². The lowest BCUT2D eigenvalue weighted by Crippen LogP contribution is -2.45. The van der Waals surface area contributed by atoms with Crippen LogP contribution in [0.5, 0.6) is 0 Å². The number of unbranched alkanes of at least 4 members (excludes halogenated alkanes) is 44. The number of allylic oxidation sites excluding steroid dienone is 9. The van der Waals surface area contributed by atoms with Crippen molar-refractivity contribution >= 4 is 11.9 Å². The van der Waals surface area contributed by atoms with Gasteiger partial charge in [-0.05, 0) is 89.9 Å². The van der Waals surface area contributed by atoms with Crippen LogP contribution in [-0.4, -0.2) is 47.4 Å². The van der Waals surface area contributed by atoms with Gasteiger partial charge >= 0.3 is 5.97 Å². The maximum absolute atomic E-state index is 12.4. The van der Waals surface area contributed by atoms with Crippen molar-refractivity contribution < 1.29 is 24.5 Å². The summed E-state index contributed by atoms with van der Waals surface area (Å²) < 4.78 is 5.47. The van der Waals surface area contributed by atoms with Crippen LogP contribution in [0, 0.1) is 0 Å². The molecule has 0 aliphatic rings. The van der Waals surface area contributed by atoms with Gasteiger partial charge in [0.15, 0.2) is 0 Å². The van der Waals surface area contributed by atoms with Crippen molar-refractivity contribution in [3.8, 4) is 0 Å². The monoisotopic (exact) mass is 1080 g/mol. The van der Waals surface area contributed by atoms with Crippen LogP contribution in [0.25, 0.3) is 0 Å². The van der Waals surface area contributed by atoms with E-state index in [-0.39, 0.29) is 18.5 Å². The van der Waals surface area contributed by atoms with E-state index >= 15 is 0 Å². The SMILES string of the molecule is CCC/C=C\C/C=C\CCCCCCCC(=O)OCCCCCCCCCCCCCCC/C=C\C/C=C\CCCCCCCCCCCCCCCCCCCC(=O)NC(CO)C(O)/C=C/CCCCCCCCCC. The number of aliphatic hydroxyl groups excluding tert-OH is 2. The Morgan fingerprint density at radius 1 is 0.364 bits per heavy atom. The zero-order chi connectivity index (χ0) is 55.7. The molecule has 0 aromatic heterocycles. The van der Waals surface area contributed by atoms with Crippen molar-refractivity contribution in [2.75, 3.05) is 13.2 Å². The summed E-state index contributed by atoms with van der Waals surface area (Å²) in [5, 5.41) is 23.0. The van der Waals surface area contributed by atoms with Crippen LogP contribution < -0.4 is 5.32 Å². The molecule has 1 amide bonds. The number of carbonyl (C=O) groups is 2. The molecule has 0 fully saturated rings. The molecule has 0 aromatic carbocycles. The Hall–Kier alpha value is -2.44. The van der Waals surface area contributed by atoms with Gasteiger partial charge in [-0.3, -0.25) is 9.59 Å². The van der Waals surface area contributed by atoms with Crippen LogP contribution in [0.4, 0.5) is 0 Å². The third kappa shape index (κ3) is 62.6. The maximum atomic E-state index is 12.4. The molecule has 0 saturated carbocycles. The first-order valence-electron chi connectivity index (χ1n) is 34.1. The highest BCUT2D eigenvalue weighted by atomic mass is 16.5. The highest BCUT2D eigenvalue weighted by Gasteiger charge is 2.18. The molecule has 0 heterocycles. The quantitative estimate of drug-likeness (QED) is 0.0320. The molecule has 2 atom stereocenters. The van der Waals surface area contributed by atoms with Crippen LogP contribution >= 0.6 is 0 Å². The van der Waals surface area contributed by atoms with Crippen molar-refractivity contribution in [1.29, 1.82) is 0 Å². The molecule has 2 unspecified atom stereocenters. The highest BCUT2D eigenvalue weighted by molar-refractivity contribution is 5.76. The molecule has 0 radical (unpaired) electrons. The predicted molar refractivity (Wildman–Crippen MR) is 338 cm³/mol. The first-order chi connectivity index (χ1) is 38.0. The molecule has 0 rings (SSSR count). The molecular formula is C71H131NO5. The van der Waals surface area contributed by atoms with Gasteiger partial charge in [-0.25, -0.2) is 0 Å². The second-order valence-corrected chi connectivity index (χ2v) is 23.1. The van der Waals surface area contributed by atoms with Crippen molar-refractivity contribution in [2.45, 2.75) is 366 Å². The lowest BCUT2D eigenvalue weighted by Gasteiger charge is -2.20. The van der Waals surface area contributed by atoms with E-state index < -0.39 is 12.1 Å². The van der Waals surface area contributed by atoms with Gasteiger partial charge in [-0.2, -0.15) is 0 Å². The third-order valence-corrected chi connectivity index (χ3v) is 15.5. The summed E-state index contributed by atoms with van der Waals surface area (Å²) in [6.07, 6.45) is 87.4. The van der Waals surface area contributed by atoms with Gasteiger partial charge < -0.3 is 20.3 Å². The Kier molecular flexibility index (Phi) is 64.0. The van der Waals surface area contributed by atoms with Gasteiger partial charge in [0.2, 0.25) is 5.91 Å². The molecule has 0 aliphatic carbocycles. The zero-order valence-electron chi connectivity index (χ0n) is 51.4. The molecular weight excluding hydrogens is 947 g/mol. The van der Waals surface area contributed by atoms with Crippen LogP contribution in [-0.2, 0) is 14.3 Å². The molecule has 0 aromatic rings. The van der Waals surface area contributed by atoms with E-state index in [9.17, 15) is 19.8 Å². The number of ether oxygens (including phenoxy) is 1. The summed E-state index contributed by atoms with van der Waals surface area (Å²) in [4.78, 5) is 24.4. The number of aliphatic hydroxyl groups is 2. The Labute approximate surface area is 479 Å². The average Bonchev–Trinajstić information content (AvgIpc) is 3.43. The Balaban J connectivity index is 3.36. The fourth-order valence-electron chi connectivity index (χ4n) is 10.3. The molecule has 6 nitrogen and oxygen atoms in total. The standard InChI is InChI=1S/C71H131NO5/c1-3-5-7-9-11-13-15-41-45-49-53-57-61-65-71(76)77-66-62-58-54-50-46-43-40-38-36-34-32-30-28-26-24-22-20-18-16-17-19-21-23-25-27-29-31-33-35-37-39-42-44-48-52-56-60-64-70(75)72-68(67-73)69(74)63-59-55-51-47-14-12-10-8-6-4-2/h7,9,13,15-16,18,22,24,59,63,68-69,73-74H,3-6,8,10-12,14,17,19-21,23,25-58,60-62,64-67H2,1-2H3,(H,72,75)/b9-7-,15-13-,18-16-,24-22-,63-59+. The van der Waals surface area contributed by atoms with Crippen molar-refractivity contribution in [3.05, 3.63) is 60.8 Å². The largest absolute Gasteiger partial charge is 0.466 e. The normalized spacial score (nSPS) is 12.9. The van der Waals surface area contributed by atoms with Gasteiger partial charge in [0.1, 0.15) is 0 Å². The van der Waals surface area contributed by atoms with E-state index in [4.69, 9.17) is 4.74 Å². The predicted octanol–water partition coefficient (Wildman–Crippen LogP) is 21.9. The molecule has 0 aliphatic heterocycles. The number of esters is 1. The Morgan fingerprint density at radius 2 is 0.675 bits per heavy atom. The smallest absolute Gasteiger partial charge is 0.305 e. The molecule has 450 valence electrons. The summed E-state index contributed by atoms with van der Waals surface area (Å²) in [5.41, 5.74) is 0. The van der Waals surface area contributed by atoms with E-state index in [2.05, 4.69) is 67.8 Å². The molecule has 77 heavy (non-hydrogen) atoms. The van der Waals surface area contributed by atoms with E-state index in [1.165, 1.54) is 270 Å². The zero-order valence-corrected chi connectivity index (χ0v) is 51.4. The summed E-state index contributed by atoms with van der Waals surface area (Å²) in [5.74, 6) is -0.0641. The number of amides is 1. The molecule has 6 heteroatoms. The first-order valence-corrected chi connectivity index (χ1v) is 34.1.